The lowest BCUT2D eigenvalue weighted by atomic mass is 10.0. The third-order valence-corrected chi connectivity index (χ3v) is 11.8. The molecule has 0 saturated carbocycles. The molecule has 12 heteroatoms. The fourth-order valence-corrected chi connectivity index (χ4v) is 7.85. The van der Waals surface area contributed by atoms with Crippen molar-refractivity contribution in [3.63, 3.8) is 0 Å². The van der Waals surface area contributed by atoms with Crippen LogP contribution in [-0.2, 0) is 37.5 Å². The summed E-state index contributed by atoms with van der Waals surface area (Å²) in [5, 5.41) is 8.89. The number of rotatable bonds is 46. The zero-order valence-electron chi connectivity index (χ0n) is 37.4. The van der Waals surface area contributed by atoms with Crippen molar-refractivity contribution < 1.29 is 47.5 Å². The SMILES string of the molecule is CCCCCCCCCCCCCCCCCCCCCCCCC(=O)OC[C@@H](COP(=O)(O)OC[C@@H](N)C(=O)O)OC(=O)CCCCCCCCCCCCCC. The Kier molecular flexibility index (Phi) is 41.1. The number of carboxylic acids is 1. The molecule has 0 radical (unpaired) electrons. The lowest BCUT2D eigenvalue weighted by Crippen LogP contribution is -2.34. The summed E-state index contributed by atoms with van der Waals surface area (Å²) in [6.07, 6.45) is 41.7. The second-order valence-corrected chi connectivity index (χ2v) is 18.1. The number of phosphoric ester groups is 1. The molecule has 0 aromatic heterocycles. The first-order valence-corrected chi connectivity index (χ1v) is 25.6. The standard InChI is InChI=1S/C46H90NO10P/c1-3-5-7-9-11-13-15-17-18-19-20-21-22-23-24-25-26-28-29-31-33-35-37-44(48)54-39-42(40-55-58(52,53)56-41-43(47)46(50)51)57-45(49)38-36-34-32-30-27-16-14-12-10-8-6-4-2/h42-43H,3-41,47H2,1-2H3,(H,50,51)(H,52,53)/t42-,43+/m0/s1. The van der Waals surface area contributed by atoms with Crippen molar-refractivity contribution in [1.29, 1.82) is 0 Å². The number of nitrogens with two attached hydrogens (primary N) is 1. The normalized spacial score (nSPS) is 13.6. The third kappa shape index (κ3) is 41.2. The van der Waals surface area contributed by atoms with Gasteiger partial charge in [0.05, 0.1) is 13.2 Å². The molecule has 0 saturated heterocycles. The van der Waals surface area contributed by atoms with E-state index in [0.717, 1.165) is 38.5 Å². The Morgan fingerprint density at radius 3 is 1.09 bits per heavy atom. The van der Waals surface area contributed by atoms with Crippen LogP contribution in [0, 0.1) is 0 Å². The zero-order chi connectivity index (χ0) is 42.8. The van der Waals surface area contributed by atoms with Gasteiger partial charge in [-0.05, 0) is 12.8 Å². The van der Waals surface area contributed by atoms with Crippen molar-refractivity contribution in [2.45, 2.75) is 257 Å². The number of carboxylic acid groups (broad SMARTS) is 1. The topological polar surface area (TPSA) is 172 Å². The maximum absolute atomic E-state index is 12.6. The maximum Gasteiger partial charge on any atom is 0.472 e. The van der Waals surface area contributed by atoms with Gasteiger partial charge in [0, 0.05) is 12.8 Å². The average molecular weight is 848 g/mol. The first-order valence-electron chi connectivity index (χ1n) is 24.1. The molecule has 0 heterocycles. The molecular weight excluding hydrogens is 757 g/mol. The number of esters is 2. The van der Waals surface area contributed by atoms with E-state index in [4.69, 9.17) is 24.8 Å². The van der Waals surface area contributed by atoms with E-state index >= 15 is 0 Å². The largest absolute Gasteiger partial charge is 0.480 e. The number of unbranched alkanes of at least 4 members (excludes halogenated alkanes) is 32. The van der Waals surface area contributed by atoms with Crippen LogP contribution in [0.4, 0.5) is 0 Å². The van der Waals surface area contributed by atoms with Crippen LogP contribution in [0.15, 0.2) is 0 Å². The molecule has 58 heavy (non-hydrogen) atoms. The second kappa shape index (κ2) is 42.2. The molecule has 0 aromatic rings. The van der Waals surface area contributed by atoms with E-state index in [0.29, 0.717) is 12.8 Å². The Hall–Kier alpha value is -1.52. The minimum absolute atomic E-state index is 0.169. The molecule has 0 amide bonds. The molecule has 0 spiro atoms. The zero-order valence-corrected chi connectivity index (χ0v) is 38.3. The fraction of sp³-hybridized carbons (Fsp3) is 0.935. The van der Waals surface area contributed by atoms with Gasteiger partial charge < -0.3 is 25.2 Å². The quantitative estimate of drug-likeness (QED) is 0.0302. The van der Waals surface area contributed by atoms with Gasteiger partial charge in [0.2, 0.25) is 0 Å². The van der Waals surface area contributed by atoms with E-state index in [-0.39, 0.29) is 19.4 Å². The summed E-state index contributed by atoms with van der Waals surface area (Å²) in [7, 11) is -4.71. The Morgan fingerprint density at radius 1 is 0.466 bits per heavy atom. The highest BCUT2D eigenvalue weighted by Gasteiger charge is 2.28. The van der Waals surface area contributed by atoms with E-state index in [9.17, 15) is 23.8 Å². The van der Waals surface area contributed by atoms with E-state index in [1.54, 1.807) is 0 Å². The molecule has 0 aliphatic heterocycles. The van der Waals surface area contributed by atoms with Gasteiger partial charge >= 0.3 is 25.7 Å². The van der Waals surface area contributed by atoms with Crippen molar-refractivity contribution in [3.05, 3.63) is 0 Å². The first-order chi connectivity index (χ1) is 28.1. The number of carbonyl (C=O) groups is 3. The molecule has 0 rings (SSSR count). The van der Waals surface area contributed by atoms with Crippen LogP contribution < -0.4 is 5.73 Å². The molecule has 0 aromatic carbocycles. The van der Waals surface area contributed by atoms with Crippen LogP contribution in [0.25, 0.3) is 0 Å². The number of carbonyl (C=O) groups excluding carboxylic acids is 2. The van der Waals surface area contributed by atoms with Crippen LogP contribution in [0.3, 0.4) is 0 Å². The second-order valence-electron chi connectivity index (χ2n) is 16.6. The van der Waals surface area contributed by atoms with E-state index in [2.05, 4.69) is 18.4 Å². The summed E-state index contributed by atoms with van der Waals surface area (Å²) in [5.74, 6) is -2.36. The minimum Gasteiger partial charge on any atom is -0.480 e. The molecule has 344 valence electrons. The minimum atomic E-state index is -4.71. The summed E-state index contributed by atoms with van der Waals surface area (Å²) in [6.45, 7) is 2.84. The molecule has 11 nitrogen and oxygen atoms in total. The van der Waals surface area contributed by atoms with Gasteiger partial charge in [0.25, 0.3) is 0 Å². The predicted molar refractivity (Wildman–Crippen MR) is 236 cm³/mol. The van der Waals surface area contributed by atoms with Crippen LogP contribution in [0.1, 0.15) is 245 Å². The third-order valence-electron chi connectivity index (χ3n) is 10.9. The highest BCUT2D eigenvalue weighted by Crippen LogP contribution is 2.43. The Morgan fingerprint density at radius 2 is 0.759 bits per heavy atom. The Labute approximate surface area is 355 Å². The Balaban J connectivity index is 4.15. The lowest BCUT2D eigenvalue weighted by Gasteiger charge is -2.20. The van der Waals surface area contributed by atoms with Gasteiger partial charge in [-0.25, -0.2) is 4.57 Å². The van der Waals surface area contributed by atoms with Crippen molar-refractivity contribution in [2.24, 2.45) is 5.73 Å². The van der Waals surface area contributed by atoms with Gasteiger partial charge in [-0.2, -0.15) is 0 Å². The van der Waals surface area contributed by atoms with Crippen LogP contribution >= 0.6 is 7.82 Å². The van der Waals surface area contributed by atoms with E-state index < -0.39 is 51.1 Å². The van der Waals surface area contributed by atoms with Crippen molar-refractivity contribution in [2.75, 3.05) is 19.8 Å². The molecule has 0 bridgehead atoms. The highest BCUT2D eigenvalue weighted by molar-refractivity contribution is 7.47. The van der Waals surface area contributed by atoms with Crippen LogP contribution in [-0.4, -0.2) is 59.9 Å². The molecule has 4 N–H and O–H groups in total. The first kappa shape index (κ1) is 56.5. The Bertz CT molecular complexity index is 1000. The lowest BCUT2D eigenvalue weighted by molar-refractivity contribution is -0.161. The van der Waals surface area contributed by atoms with Crippen LogP contribution in [0.5, 0.6) is 0 Å². The fourth-order valence-electron chi connectivity index (χ4n) is 7.07. The van der Waals surface area contributed by atoms with Gasteiger partial charge in [-0.1, -0.05) is 219 Å². The number of phosphoric acid groups is 1. The molecule has 0 aliphatic carbocycles. The van der Waals surface area contributed by atoms with Crippen molar-refractivity contribution in [3.8, 4) is 0 Å². The van der Waals surface area contributed by atoms with Gasteiger partial charge in [0.1, 0.15) is 12.6 Å². The van der Waals surface area contributed by atoms with E-state index in [1.165, 1.54) is 167 Å². The molecule has 3 atom stereocenters. The summed E-state index contributed by atoms with van der Waals surface area (Å²) in [6, 6.07) is -1.52. The number of ether oxygens (including phenoxy) is 2. The van der Waals surface area contributed by atoms with E-state index in [1.807, 2.05) is 0 Å². The van der Waals surface area contributed by atoms with Crippen LogP contribution in [0.2, 0.25) is 0 Å². The average Bonchev–Trinajstić information content (AvgIpc) is 3.20. The summed E-state index contributed by atoms with van der Waals surface area (Å²) in [5.41, 5.74) is 5.34. The predicted octanol–water partition coefficient (Wildman–Crippen LogP) is 13.1. The molecule has 0 aliphatic rings. The molecular formula is C46H90NO10P. The summed E-state index contributed by atoms with van der Waals surface area (Å²) < 4.78 is 32.7. The van der Waals surface area contributed by atoms with Gasteiger partial charge in [0.15, 0.2) is 6.10 Å². The smallest absolute Gasteiger partial charge is 0.472 e. The summed E-state index contributed by atoms with van der Waals surface area (Å²) >= 11 is 0. The van der Waals surface area contributed by atoms with Crippen molar-refractivity contribution >= 4 is 25.7 Å². The van der Waals surface area contributed by atoms with Gasteiger partial charge in [-0.15, -0.1) is 0 Å². The number of aliphatic carboxylic acids is 1. The molecule has 1 unspecified atom stereocenters. The maximum atomic E-state index is 12.6. The summed E-state index contributed by atoms with van der Waals surface area (Å²) in [4.78, 5) is 46.0. The monoisotopic (exact) mass is 848 g/mol. The van der Waals surface area contributed by atoms with Crippen molar-refractivity contribution in [1.82, 2.24) is 0 Å². The number of hydrogen-bond donors (Lipinski definition) is 3. The molecule has 0 fully saturated rings. The number of hydrogen-bond acceptors (Lipinski definition) is 9. The van der Waals surface area contributed by atoms with Gasteiger partial charge in [-0.3, -0.25) is 23.4 Å². The highest BCUT2D eigenvalue weighted by atomic mass is 31.2.